The maximum atomic E-state index is 10.7. The average molecular weight is 304 g/mol. The Kier molecular flexibility index (Phi) is 5.04. The first kappa shape index (κ1) is 16.0. The van der Waals surface area contributed by atoms with Crippen molar-refractivity contribution >= 4 is 11.6 Å². The molecule has 1 N–H and O–H groups in total. The van der Waals surface area contributed by atoms with Gasteiger partial charge < -0.3 is 5.11 Å². The van der Waals surface area contributed by atoms with E-state index in [4.69, 9.17) is 11.6 Å². The fourth-order valence-electron chi connectivity index (χ4n) is 2.56. The minimum absolute atomic E-state index is 0.133. The molecule has 0 aliphatic carbocycles. The Hall–Kier alpha value is -1.35. The van der Waals surface area contributed by atoms with Crippen molar-refractivity contribution in [2.24, 2.45) is 0 Å². The van der Waals surface area contributed by atoms with Crippen molar-refractivity contribution in [2.45, 2.75) is 25.5 Å². The molecule has 0 fully saturated rings. The quantitative estimate of drug-likeness (QED) is 0.893. The highest BCUT2D eigenvalue weighted by atomic mass is 35.5. The molecule has 0 spiro atoms. The zero-order chi connectivity index (χ0) is 15.5. The number of hydrogen-bond donors (Lipinski definition) is 1. The summed E-state index contributed by atoms with van der Waals surface area (Å²) in [6, 6.07) is 17.7. The molecule has 21 heavy (non-hydrogen) atoms. The third-order valence-electron chi connectivity index (χ3n) is 3.97. The van der Waals surface area contributed by atoms with Crippen LogP contribution in [0.2, 0.25) is 5.02 Å². The predicted molar refractivity (Wildman–Crippen MR) is 88.5 cm³/mol. The zero-order valence-corrected chi connectivity index (χ0v) is 13.5. The Labute approximate surface area is 132 Å². The molecule has 112 valence electrons. The SMILES string of the molecule is CC(c1ccccc1Cl)N(C)CC(C)(O)c1ccccc1. The molecule has 0 aliphatic heterocycles. The van der Waals surface area contributed by atoms with Gasteiger partial charge in [0.25, 0.3) is 0 Å². The van der Waals surface area contributed by atoms with Crippen LogP contribution in [0.5, 0.6) is 0 Å². The van der Waals surface area contributed by atoms with Gasteiger partial charge in [0.15, 0.2) is 0 Å². The number of likely N-dealkylation sites (N-methyl/N-ethyl adjacent to an activating group) is 1. The van der Waals surface area contributed by atoms with Gasteiger partial charge in [-0.25, -0.2) is 0 Å². The van der Waals surface area contributed by atoms with Crippen LogP contribution in [0.4, 0.5) is 0 Å². The van der Waals surface area contributed by atoms with Gasteiger partial charge in [-0.15, -0.1) is 0 Å². The van der Waals surface area contributed by atoms with Crippen LogP contribution >= 0.6 is 11.6 Å². The van der Waals surface area contributed by atoms with E-state index in [0.717, 1.165) is 16.1 Å². The Morgan fingerprint density at radius 1 is 1.10 bits per heavy atom. The molecule has 2 nitrogen and oxygen atoms in total. The van der Waals surface area contributed by atoms with E-state index in [1.807, 2.05) is 68.6 Å². The van der Waals surface area contributed by atoms with E-state index < -0.39 is 5.60 Å². The van der Waals surface area contributed by atoms with Gasteiger partial charge in [0.05, 0.1) is 5.60 Å². The topological polar surface area (TPSA) is 23.5 Å². The van der Waals surface area contributed by atoms with Crippen molar-refractivity contribution < 1.29 is 5.11 Å². The number of hydrogen-bond acceptors (Lipinski definition) is 2. The summed E-state index contributed by atoms with van der Waals surface area (Å²) < 4.78 is 0. The smallest absolute Gasteiger partial charge is 0.0994 e. The van der Waals surface area contributed by atoms with Gasteiger partial charge >= 0.3 is 0 Å². The first-order valence-corrected chi connectivity index (χ1v) is 7.52. The molecule has 0 aromatic heterocycles. The molecule has 0 heterocycles. The summed E-state index contributed by atoms with van der Waals surface area (Å²) in [5.74, 6) is 0. The molecule has 0 aliphatic rings. The standard InChI is InChI=1S/C18H22ClNO/c1-14(16-11-7-8-12-17(16)19)20(3)13-18(2,21)15-9-5-4-6-10-15/h4-12,14,21H,13H2,1-3H3. The molecule has 2 aromatic rings. The van der Waals surface area contributed by atoms with E-state index in [1.54, 1.807) is 0 Å². The Bertz CT molecular complexity index is 583. The lowest BCUT2D eigenvalue weighted by Crippen LogP contribution is -2.38. The zero-order valence-electron chi connectivity index (χ0n) is 12.8. The van der Waals surface area contributed by atoms with E-state index in [1.165, 1.54) is 0 Å². The molecule has 0 amide bonds. The summed E-state index contributed by atoms with van der Waals surface area (Å²) in [7, 11) is 2.01. The van der Waals surface area contributed by atoms with Gasteiger partial charge in [-0.1, -0.05) is 60.1 Å². The third kappa shape index (κ3) is 3.85. The fraction of sp³-hybridized carbons (Fsp3) is 0.333. The second-order valence-corrected chi connectivity index (χ2v) is 6.16. The molecular weight excluding hydrogens is 282 g/mol. The average Bonchev–Trinajstić information content (AvgIpc) is 2.47. The van der Waals surface area contributed by atoms with Crippen LogP contribution in [0.25, 0.3) is 0 Å². The maximum Gasteiger partial charge on any atom is 0.0994 e. The summed E-state index contributed by atoms with van der Waals surface area (Å²) in [6.45, 7) is 4.48. The highest BCUT2D eigenvalue weighted by molar-refractivity contribution is 6.31. The van der Waals surface area contributed by atoms with Crippen LogP contribution in [-0.4, -0.2) is 23.6 Å². The second-order valence-electron chi connectivity index (χ2n) is 5.75. The minimum Gasteiger partial charge on any atom is -0.384 e. The van der Waals surface area contributed by atoms with Gasteiger partial charge in [-0.3, -0.25) is 4.90 Å². The third-order valence-corrected chi connectivity index (χ3v) is 4.31. The van der Waals surface area contributed by atoms with Crippen LogP contribution in [0.15, 0.2) is 54.6 Å². The van der Waals surface area contributed by atoms with E-state index in [2.05, 4.69) is 11.8 Å². The maximum absolute atomic E-state index is 10.7. The van der Waals surface area contributed by atoms with Crippen LogP contribution in [-0.2, 0) is 5.60 Å². The predicted octanol–water partition coefficient (Wildman–Crippen LogP) is 4.24. The van der Waals surface area contributed by atoms with Crippen LogP contribution in [0.3, 0.4) is 0 Å². The van der Waals surface area contributed by atoms with Crippen molar-refractivity contribution in [3.8, 4) is 0 Å². The van der Waals surface area contributed by atoms with Crippen LogP contribution < -0.4 is 0 Å². The van der Waals surface area contributed by atoms with Crippen molar-refractivity contribution in [1.82, 2.24) is 4.90 Å². The van der Waals surface area contributed by atoms with Crippen molar-refractivity contribution in [1.29, 1.82) is 0 Å². The van der Waals surface area contributed by atoms with E-state index in [-0.39, 0.29) is 6.04 Å². The van der Waals surface area contributed by atoms with Gasteiger partial charge in [-0.2, -0.15) is 0 Å². The number of nitrogens with zero attached hydrogens (tertiary/aromatic N) is 1. The Balaban J connectivity index is 2.14. The van der Waals surface area contributed by atoms with E-state index in [9.17, 15) is 5.11 Å². The highest BCUT2D eigenvalue weighted by Gasteiger charge is 2.27. The van der Waals surface area contributed by atoms with Crippen LogP contribution in [0, 0.1) is 0 Å². The molecular formula is C18H22ClNO. The number of benzene rings is 2. The molecule has 2 rings (SSSR count). The minimum atomic E-state index is -0.897. The summed E-state index contributed by atoms with van der Waals surface area (Å²) >= 11 is 6.26. The van der Waals surface area contributed by atoms with Crippen molar-refractivity contribution in [3.63, 3.8) is 0 Å². The summed E-state index contributed by atoms with van der Waals surface area (Å²) in [5, 5.41) is 11.5. The largest absolute Gasteiger partial charge is 0.384 e. The normalized spacial score (nSPS) is 15.7. The Morgan fingerprint density at radius 2 is 1.67 bits per heavy atom. The lowest BCUT2D eigenvalue weighted by atomic mass is 9.94. The van der Waals surface area contributed by atoms with Crippen molar-refractivity contribution in [2.75, 3.05) is 13.6 Å². The Morgan fingerprint density at radius 3 is 2.29 bits per heavy atom. The lowest BCUT2D eigenvalue weighted by Gasteiger charge is -2.33. The molecule has 2 unspecified atom stereocenters. The number of aliphatic hydroxyl groups is 1. The van der Waals surface area contributed by atoms with E-state index >= 15 is 0 Å². The summed E-state index contributed by atoms with van der Waals surface area (Å²) in [6.07, 6.45) is 0. The lowest BCUT2D eigenvalue weighted by molar-refractivity contribution is 0.0132. The summed E-state index contributed by atoms with van der Waals surface area (Å²) in [5.41, 5.74) is 1.10. The van der Waals surface area contributed by atoms with Gasteiger partial charge in [-0.05, 0) is 38.1 Å². The summed E-state index contributed by atoms with van der Waals surface area (Å²) in [4.78, 5) is 2.12. The molecule has 2 aromatic carbocycles. The molecule has 0 saturated heterocycles. The highest BCUT2D eigenvalue weighted by Crippen LogP contribution is 2.29. The molecule has 0 radical (unpaired) electrons. The molecule has 0 saturated carbocycles. The van der Waals surface area contributed by atoms with Gasteiger partial charge in [0.2, 0.25) is 0 Å². The second kappa shape index (κ2) is 6.61. The van der Waals surface area contributed by atoms with Gasteiger partial charge in [0, 0.05) is 17.6 Å². The molecule has 2 atom stereocenters. The first-order chi connectivity index (χ1) is 9.92. The molecule has 3 heteroatoms. The number of halogens is 1. The fourth-order valence-corrected chi connectivity index (χ4v) is 2.86. The van der Waals surface area contributed by atoms with E-state index in [0.29, 0.717) is 6.54 Å². The molecule has 0 bridgehead atoms. The van der Waals surface area contributed by atoms with Gasteiger partial charge in [0.1, 0.15) is 0 Å². The van der Waals surface area contributed by atoms with Crippen LogP contribution in [0.1, 0.15) is 31.0 Å². The van der Waals surface area contributed by atoms with Crippen molar-refractivity contribution in [3.05, 3.63) is 70.7 Å². The first-order valence-electron chi connectivity index (χ1n) is 7.14. The monoisotopic (exact) mass is 303 g/mol. The number of rotatable bonds is 5.